The quantitative estimate of drug-likeness (QED) is 0.903. The lowest BCUT2D eigenvalue weighted by Gasteiger charge is -2.31. The molecule has 116 valence electrons. The van der Waals surface area contributed by atoms with Crippen molar-refractivity contribution >= 4 is 23.1 Å². The number of benzene rings is 1. The van der Waals surface area contributed by atoms with E-state index in [1.165, 1.54) is 0 Å². The first-order chi connectivity index (χ1) is 10.7. The number of fused-ring (bicyclic) bond motifs is 1. The Bertz CT molecular complexity index is 623. The number of aliphatic imine (C=N–C) groups is 2. The van der Waals surface area contributed by atoms with Gasteiger partial charge in [-0.3, -0.25) is 9.98 Å². The molecule has 3 rings (SSSR count). The molecule has 2 unspecified atom stereocenters. The van der Waals surface area contributed by atoms with Crippen LogP contribution in [0.25, 0.3) is 0 Å². The Labute approximate surface area is 127 Å². The molecule has 0 aliphatic carbocycles. The molecule has 1 aromatic carbocycles. The van der Waals surface area contributed by atoms with Gasteiger partial charge >= 0.3 is 5.97 Å². The number of aliphatic carboxylic acids is 1. The maximum Gasteiger partial charge on any atom is 0.330 e. The van der Waals surface area contributed by atoms with Crippen molar-refractivity contribution in [3.05, 3.63) is 24.3 Å². The first-order valence-corrected chi connectivity index (χ1v) is 6.87. The molecule has 0 radical (unpaired) electrons. The van der Waals surface area contributed by atoms with Crippen LogP contribution >= 0.6 is 0 Å². The average Bonchev–Trinajstić information content (AvgIpc) is 2.55. The largest absolute Gasteiger partial charge is 0.497 e. The van der Waals surface area contributed by atoms with Crippen LogP contribution in [0.3, 0.4) is 0 Å². The zero-order valence-corrected chi connectivity index (χ0v) is 12.1. The molecule has 1 aromatic rings. The number of hydrogen-bond donors (Lipinski definition) is 1. The van der Waals surface area contributed by atoms with Crippen LogP contribution in [-0.2, 0) is 14.3 Å². The minimum Gasteiger partial charge on any atom is -0.497 e. The third-order valence-corrected chi connectivity index (χ3v) is 3.48. The number of carboxylic acids is 1. The normalized spacial score (nSPS) is 26.2. The molecule has 7 heteroatoms. The van der Waals surface area contributed by atoms with Crippen LogP contribution in [0.1, 0.15) is 0 Å². The number of carboxylic acid groups (broad SMARTS) is 1. The Morgan fingerprint density at radius 1 is 1.36 bits per heavy atom. The van der Waals surface area contributed by atoms with Crippen LogP contribution in [0.15, 0.2) is 34.3 Å². The molecule has 1 N–H and O–H groups in total. The minimum absolute atomic E-state index is 0.0468. The molecule has 22 heavy (non-hydrogen) atoms. The van der Waals surface area contributed by atoms with E-state index in [9.17, 15) is 4.79 Å². The lowest BCUT2D eigenvalue weighted by atomic mass is 10.1. The van der Waals surface area contributed by atoms with Crippen LogP contribution in [-0.4, -0.2) is 61.6 Å². The summed E-state index contributed by atoms with van der Waals surface area (Å²) < 4.78 is 16.2. The van der Waals surface area contributed by atoms with Crippen molar-refractivity contribution in [3.8, 4) is 5.75 Å². The lowest BCUT2D eigenvalue weighted by molar-refractivity contribution is -0.140. The molecule has 2 aliphatic rings. The van der Waals surface area contributed by atoms with Gasteiger partial charge in [0.15, 0.2) is 6.04 Å². The minimum atomic E-state index is -0.995. The van der Waals surface area contributed by atoms with E-state index < -0.39 is 18.1 Å². The standard InChI is InChI=1S/C15H16N2O5/c1-20-10-4-2-9(3-5-10)16-11-6-21-7-12-14(11)22-8-13(17-12)15(18)19/h2-5,13-14H,6-8H2,1H3,(H,18,19). The summed E-state index contributed by atoms with van der Waals surface area (Å²) in [5, 5.41) is 9.01. The van der Waals surface area contributed by atoms with Gasteiger partial charge in [-0.1, -0.05) is 0 Å². The summed E-state index contributed by atoms with van der Waals surface area (Å²) >= 11 is 0. The van der Waals surface area contributed by atoms with E-state index in [2.05, 4.69) is 9.98 Å². The number of rotatable bonds is 3. The van der Waals surface area contributed by atoms with Crippen molar-refractivity contribution in [2.75, 3.05) is 26.9 Å². The average molecular weight is 304 g/mol. The second-order valence-corrected chi connectivity index (χ2v) is 4.98. The molecule has 0 spiro atoms. The van der Waals surface area contributed by atoms with Crippen molar-refractivity contribution in [2.45, 2.75) is 12.1 Å². The molecule has 1 fully saturated rings. The zero-order valence-electron chi connectivity index (χ0n) is 12.1. The molecule has 0 bridgehead atoms. The molecule has 2 aliphatic heterocycles. The Balaban J connectivity index is 1.83. The highest BCUT2D eigenvalue weighted by atomic mass is 16.5. The molecule has 1 saturated heterocycles. The van der Waals surface area contributed by atoms with Gasteiger partial charge in [-0.15, -0.1) is 0 Å². The van der Waals surface area contributed by atoms with E-state index in [1.54, 1.807) is 7.11 Å². The number of hydrogen-bond acceptors (Lipinski definition) is 6. The third kappa shape index (κ3) is 3.00. The summed E-state index contributed by atoms with van der Waals surface area (Å²) in [6.07, 6.45) is -0.397. The Morgan fingerprint density at radius 3 is 2.82 bits per heavy atom. The van der Waals surface area contributed by atoms with E-state index in [4.69, 9.17) is 19.3 Å². The predicted molar refractivity (Wildman–Crippen MR) is 79.5 cm³/mol. The summed E-state index contributed by atoms with van der Waals surface area (Å²) in [6, 6.07) is 6.44. The molecule has 0 amide bonds. The molecular formula is C15H16N2O5. The van der Waals surface area contributed by atoms with E-state index in [0.717, 1.165) is 11.4 Å². The number of ether oxygens (including phenoxy) is 3. The zero-order chi connectivity index (χ0) is 15.5. The van der Waals surface area contributed by atoms with E-state index in [-0.39, 0.29) is 13.2 Å². The first kappa shape index (κ1) is 14.7. The fourth-order valence-corrected chi connectivity index (χ4v) is 2.37. The van der Waals surface area contributed by atoms with E-state index >= 15 is 0 Å². The maximum absolute atomic E-state index is 11.0. The molecule has 7 nitrogen and oxygen atoms in total. The Morgan fingerprint density at radius 2 is 2.14 bits per heavy atom. The number of methoxy groups -OCH3 is 1. The van der Waals surface area contributed by atoms with Gasteiger partial charge in [0.2, 0.25) is 0 Å². The SMILES string of the molecule is COc1ccc(N=C2COCC3=NC(C(=O)O)COC23)cc1. The molecule has 0 saturated carbocycles. The fraction of sp³-hybridized carbons (Fsp3) is 0.400. The van der Waals surface area contributed by atoms with Crippen molar-refractivity contribution in [1.29, 1.82) is 0 Å². The summed E-state index contributed by atoms with van der Waals surface area (Å²) in [5.41, 5.74) is 2.03. The fourth-order valence-electron chi connectivity index (χ4n) is 2.37. The summed E-state index contributed by atoms with van der Waals surface area (Å²) in [4.78, 5) is 19.7. The number of carbonyl (C=O) groups is 1. The van der Waals surface area contributed by atoms with Gasteiger partial charge in [-0.2, -0.15) is 0 Å². The predicted octanol–water partition coefficient (Wildman–Crippen LogP) is 1.09. The van der Waals surface area contributed by atoms with Crippen molar-refractivity contribution in [3.63, 3.8) is 0 Å². The monoisotopic (exact) mass is 304 g/mol. The second kappa shape index (κ2) is 6.25. The molecular weight excluding hydrogens is 288 g/mol. The van der Waals surface area contributed by atoms with Gasteiger partial charge in [-0.25, -0.2) is 4.79 Å². The first-order valence-electron chi connectivity index (χ1n) is 6.87. The summed E-state index contributed by atoms with van der Waals surface area (Å²) in [6.45, 7) is 0.661. The highest BCUT2D eigenvalue weighted by Gasteiger charge is 2.35. The van der Waals surface area contributed by atoms with Crippen LogP contribution in [0.2, 0.25) is 0 Å². The highest BCUT2D eigenvalue weighted by molar-refractivity contribution is 6.14. The highest BCUT2D eigenvalue weighted by Crippen LogP contribution is 2.21. The van der Waals surface area contributed by atoms with Crippen LogP contribution in [0.5, 0.6) is 5.75 Å². The lowest BCUT2D eigenvalue weighted by Crippen LogP contribution is -2.49. The molecule has 2 atom stereocenters. The van der Waals surface area contributed by atoms with Crippen LogP contribution in [0, 0.1) is 0 Å². The third-order valence-electron chi connectivity index (χ3n) is 3.48. The van der Waals surface area contributed by atoms with Gasteiger partial charge in [0.05, 0.1) is 44.0 Å². The van der Waals surface area contributed by atoms with Gasteiger partial charge in [0, 0.05) is 0 Å². The van der Waals surface area contributed by atoms with Crippen molar-refractivity contribution < 1.29 is 24.1 Å². The number of nitrogens with zero attached hydrogens (tertiary/aromatic N) is 2. The Hall–Kier alpha value is -2.25. The summed E-state index contributed by atoms with van der Waals surface area (Å²) in [5.74, 6) is -0.241. The van der Waals surface area contributed by atoms with E-state index in [0.29, 0.717) is 18.0 Å². The molecule has 0 aromatic heterocycles. The molecule has 2 heterocycles. The van der Waals surface area contributed by atoms with Gasteiger partial charge in [0.25, 0.3) is 0 Å². The van der Waals surface area contributed by atoms with Crippen molar-refractivity contribution in [2.24, 2.45) is 9.98 Å². The van der Waals surface area contributed by atoms with E-state index in [1.807, 2.05) is 24.3 Å². The second-order valence-electron chi connectivity index (χ2n) is 4.98. The summed E-state index contributed by atoms with van der Waals surface area (Å²) in [7, 11) is 1.60. The Kier molecular flexibility index (Phi) is 4.17. The topological polar surface area (TPSA) is 89.7 Å². The maximum atomic E-state index is 11.0. The van der Waals surface area contributed by atoms with Crippen LogP contribution in [0.4, 0.5) is 5.69 Å². The smallest absolute Gasteiger partial charge is 0.330 e. The van der Waals surface area contributed by atoms with Gasteiger partial charge < -0.3 is 19.3 Å². The van der Waals surface area contributed by atoms with Crippen molar-refractivity contribution in [1.82, 2.24) is 0 Å². The van der Waals surface area contributed by atoms with Crippen LogP contribution < -0.4 is 4.74 Å². The van der Waals surface area contributed by atoms with Gasteiger partial charge in [0.1, 0.15) is 11.9 Å². The van der Waals surface area contributed by atoms with Gasteiger partial charge in [-0.05, 0) is 24.3 Å².